The monoisotopic (exact) mass is 461 g/mol. The summed E-state index contributed by atoms with van der Waals surface area (Å²) in [4.78, 5) is 24.5. The fourth-order valence-electron chi connectivity index (χ4n) is 2.68. The molecule has 9 nitrogen and oxygen atoms in total. The summed E-state index contributed by atoms with van der Waals surface area (Å²) in [5, 5.41) is 6.06. The van der Waals surface area contributed by atoms with Crippen molar-refractivity contribution >= 4 is 33.4 Å². The number of esters is 1. The molecule has 0 radical (unpaired) electrons. The number of halogens is 1. The lowest BCUT2D eigenvalue weighted by Crippen LogP contribution is -2.30. The molecule has 1 heterocycles. The maximum atomic E-state index is 13.1. The van der Waals surface area contributed by atoms with Gasteiger partial charge in [0.2, 0.25) is 0 Å². The van der Waals surface area contributed by atoms with Crippen molar-refractivity contribution in [1.29, 1.82) is 0 Å². The molecule has 2 aromatic carbocycles. The van der Waals surface area contributed by atoms with Crippen molar-refractivity contribution in [3.8, 4) is 0 Å². The molecule has 3 aromatic rings. The predicted octanol–water partition coefficient (Wildman–Crippen LogP) is 3.42. The molecular formula is C21H20FN3O6S. The van der Waals surface area contributed by atoms with Gasteiger partial charge >= 0.3 is 5.97 Å². The molecule has 0 fully saturated rings. The van der Waals surface area contributed by atoms with Gasteiger partial charge in [0.25, 0.3) is 15.9 Å². The van der Waals surface area contributed by atoms with Crippen LogP contribution < -0.4 is 10.0 Å². The van der Waals surface area contributed by atoms with E-state index in [0.29, 0.717) is 11.3 Å². The number of anilines is 2. The number of nitrogens with zero attached hydrogens (tertiary/aromatic N) is 1. The van der Waals surface area contributed by atoms with Gasteiger partial charge in [-0.15, -0.1) is 0 Å². The molecule has 0 spiro atoms. The number of rotatable bonds is 7. The first kappa shape index (κ1) is 22.9. The molecule has 0 aliphatic heterocycles. The maximum Gasteiger partial charge on any atom is 0.338 e. The second-order valence-corrected chi connectivity index (χ2v) is 8.60. The average molecular weight is 461 g/mol. The number of carbonyl (C=O) groups is 2. The van der Waals surface area contributed by atoms with E-state index in [2.05, 4.69) is 15.2 Å². The lowest BCUT2D eigenvalue weighted by molar-refractivity contribution is -0.123. The molecule has 0 aliphatic carbocycles. The van der Waals surface area contributed by atoms with Gasteiger partial charge in [0.1, 0.15) is 11.6 Å². The molecule has 168 valence electrons. The molecule has 1 aromatic heterocycles. The van der Waals surface area contributed by atoms with Gasteiger partial charge in [0.05, 0.1) is 10.5 Å². The zero-order valence-electron chi connectivity index (χ0n) is 17.4. The molecule has 0 saturated heterocycles. The normalized spacial score (nSPS) is 12.1. The van der Waals surface area contributed by atoms with Gasteiger partial charge in [-0.3, -0.25) is 9.52 Å². The first-order valence-corrected chi connectivity index (χ1v) is 10.9. The van der Waals surface area contributed by atoms with Crippen LogP contribution in [0, 0.1) is 19.7 Å². The quantitative estimate of drug-likeness (QED) is 0.516. The second-order valence-electron chi connectivity index (χ2n) is 6.95. The van der Waals surface area contributed by atoms with E-state index in [1.54, 1.807) is 13.8 Å². The highest BCUT2D eigenvalue weighted by Gasteiger charge is 2.23. The highest BCUT2D eigenvalue weighted by molar-refractivity contribution is 7.92. The van der Waals surface area contributed by atoms with Gasteiger partial charge in [-0.1, -0.05) is 11.2 Å². The van der Waals surface area contributed by atoms with Crippen LogP contribution in [-0.4, -0.2) is 31.6 Å². The van der Waals surface area contributed by atoms with Crippen LogP contribution in [0.2, 0.25) is 0 Å². The van der Waals surface area contributed by atoms with Gasteiger partial charge in [-0.05, 0) is 62.7 Å². The lowest BCUT2D eigenvalue weighted by atomic mass is 10.1. The van der Waals surface area contributed by atoms with Crippen molar-refractivity contribution in [2.24, 2.45) is 0 Å². The standard InChI is InChI=1S/C21H20FN3O6S/c1-12-4-5-15(11-18(12)32(28,29)25-17-8-6-16(22)7-9-17)21(27)30-14(3)20(26)23-19-10-13(2)31-24-19/h4-11,14,25H,1-3H3,(H,23,24,26). The van der Waals surface area contributed by atoms with E-state index in [9.17, 15) is 22.4 Å². The molecule has 1 amide bonds. The maximum absolute atomic E-state index is 13.1. The topological polar surface area (TPSA) is 128 Å². The summed E-state index contributed by atoms with van der Waals surface area (Å²) in [6.07, 6.45) is -1.18. The minimum Gasteiger partial charge on any atom is -0.449 e. The minimum absolute atomic E-state index is 0.0630. The number of hydrogen-bond acceptors (Lipinski definition) is 7. The van der Waals surface area contributed by atoms with Crippen molar-refractivity contribution in [1.82, 2.24) is 5.16 Å². The lowest BCUT2D eigenvalue weighted by Gasteiger charge is -2.14. The number of carbonyl (C=O) groups excluding carboxylic acids is 2. The van der Waals surface area contributed by atoms with E-state index >= 15 is 0 Å². The van der Waals surface area contributed by atoms with Crippen LogP contribution in [0.25, 0.3) is 0 Å². The van der Waals surface area contributed by atoms with E-state index in [4.69, 9.17) is 9.26 Å². The van der Waals surface area contributed by atoms with Crippen molar-refractivity contribution in [3.63, 3.8) is 0 Å². The Morgan fingerprint density at radius 3 is 2.41 bits per heavy atom. The number of nitrogens with one attached hydrogen (secondary N) is 2. The van der Waals surface area contributed by atoms with Crippen LogP contribution in [0.3, 0.4) is 0 Å². The van der Waals surface area contributed by atoms with Crippen molar-refractivity contribution < 1.29 is 31.7 Å². The van der Waals surface area contributed by atoms with Gasteiger partial charge in [0, 0.05) is 11.8 Å². The summed E-state index contributed by atoms with van der Waals surface area (Å²) in [6.45, 7) is 4.58. The number of ether oxygens (including phenoxy) is 1. The van der Waals surface area contributed by atoms with Crippen molar-refractivity contribution in [2.75, 3.05) is 10.0 Å². The Kier molecular flexibility index (Phi) is 6.58. The van der Waals surface area contributed by atoms with Crippen LogP contribution in [0.5, 0.6) is 0 Å². The van der Waals surface area contributed by atoms with E-state index in [1.165, 1.54) is 37.3 Å². The Bertz CT molecular complexity index is 1250. The van der Waals surface area contributed by atoms with Crippen LogP contribution in [0.4, 0.5) is 15.9 Å². The summed E-state index contributed by atoms with van der Waals surface area (Å²) in [6, 6.07) is 10.3. The van der Waals surface area contributed by atoms with E-state index in [-0.39, 0.29) is 22.0 Å². The van der Waals surface area contributed by atoms with Crippen LogP contribution >= 0.6 is 0 Å². The molecule has 11 heteroatoms. The molecule has 3 rings (SSSR count). The first-order valence-electron chi connectivity index (χ1n) is 9.39. The molecule has 0 aliphatic rings. The number of hydrogen-bond donors (Lipinski definition) is 2. The van der Waals surface area contributed by atoms with Crippen molar-refractivity contribution in [2.45, 2.75) is 31.8 Å². The molecule has 32 heavy (non-hydrogen) atoms. The Labute approximate surface area is 183 Å². The summed E-state index contributed by atoms with van der Waals surface area (Å²) in [5.74, 6) is -1.36. The first-order chi connectivity index (χ1) is 15.0. The third-order valence-corrected chi connectivity index (χ3v) is 5.87. The Hall–Kier alpha value is -3.73. The number of sulfonamides is 1. The van der Waals surface area contributed by atoms with Gasteiger partial charge < -0.3 is 14.6 Å². The number of aryl methyl sites for hydroxylation is 2. The predicted molar refractivity (Wildman–Crippen MR) is 113 cm³/mol. The summed E-state index contributed by atoms with van der Waals surface area (Å²) in [5.41, 5.74) is 0.475. The SMILES string of the molecule is Cc1cc(NC(=O)C(C)OC(=O)c2ccc(C)c(S(=O)(=O)Nc3ccc(F)cc3)c2)no1. The van der Waals surface area contributed by atoms with Gasteiger partial charge in [0.15, 0.2) is 11.9 Å². The smallest absolute Gasteiger partial charge is 0.338 e. The zero-order valence-corrected chi connectivity index (χ0v) is 18.2. The van der Waals surface area contributed by atoms with E-state index in [0.717, 1.165) is 18.2 Å². The van der Waals surface area contributed by atoms with Gasteiger partial charge in [-0.25, -0.2) is 17.6 Å². The van der Waals surface area contributed by atoms with E-state index in [1.807, 2.05) is 0 Å². The molecule has 1 atom stereocenters. The van der Waals surface area contributed by atoms with Crippen LogP contribution in [0.1, 0.15) is 28.6 Å². The molecule has 1 unspecified atom stereocenters. The number of amides is 1. The molecular weight excluding hydrogens is 441 g/mol. The summed E-state index contributed by atoms with van der Waals surface area (Å²) >= 11 is 0. The fourth-order valence-corrected chi connectivity index (χ4v) is 4.01. The molecule has 0 bridgehead atoms. The van der Waals surface area contributed by atoms with Crippen LogP contribution in [-0.2, 0) is 19.6 Å². The molecule has 0 saturated carbocycles. The highest BCUT2D eigenvalue weighted by Crippen LogP contribution is 2.22. The average Bonchev–Trinajstić information content (AvgIpc) is 3.14. The van der Waals surface area contributed by atoms with Gasteiger partial charge in [-0.2, -0.15) is 0 Å². The van der Waals surface area contributed by atoms with Crippen LogP contribution in [0.15, 0.2) is 57.9 Å². The Balaban J connectivity index is 1.74. The van der Waals surface area contributed by atoms with E-state index < -0.39 is 33.8 Å². The van der Waals surface area contributed by atoms with Crippen molar-refractivity contribution in [3.05, 3.63) is 71.2 Å². The zero-order chi connectivity index (χ0) is 23.5. The second kappa shape index (κ2) is 9.18. The summed E-state index contributed by atoms with van der Waals surface area (Å²) in [7, 11) is -4.07. The number of aromatic nitrogens is 1. The molecule has 2 N–H and O–H groups in total. The Morgan fingerprint density at radius 1 is 1.09 bits per heavy atom. The fraction of sp³-hybridized carbons (Fsp3) is 0.190. The third kappa shape index (κ3) is 5.49. The minimum atomic E-state index is -4.07. The Morgan fingerprint density at radius 2 is 1.78 bits per heavy atom. The largest absolute Gasteiger partial charge is 0.449 e. The highest BCUT2D eigenvalue weighted by atomic mass is 32.2. The number of benzene rings is 2. The summed E-state index contributed by atoms with van der Waals surface area (Å²) < 4.78 is 51.0. The third-order valence-electron chi connectivity index (χ3n) is 4.34.